The molecule has 0 bridgehead atoms. The van der Waals surface area contributed by atoms with E-state index in [0.29, 0.717) is 6.61 Å². The third-order valence-electron chi connectivity index (χ3n) is 0.712. The lowest BCUT2D eigenvalue weighted by atomic mass is 10.7. The van der Waals surface area contributed by atoms with E-state index in [1.165, 1.54) is 6.92 Å². The average Bonchev–Trinajstić information content (AvgIpc) is 1.87. The predicted molar refractivity (Wildman–Crippen MR) is 44.7 cm³/mol. The van der Waals surface area contributed by atoms with Gasteiger partial charge in [-0.05, 0) is 6.92 Å². The number of rotatable bonds is 4. The minimum absolute atomic E-state index is 0.0481. The lowest BCUT2D eigenvalue weighted by Gasteiger charge is -1.89. The molecule has 11 heavy (non-hydrogen) atoms. The van der Waals surface area contributed by atoms with Gasteiger partial charge in [-0.25, -0.2) is 4.52 Å². The van der Waals surface area contributed by atoms with Crippen molar-refractivity contribution in [1.82, 2.24) is 0 Å². The van der Waals surface area contributed by atoms with E-state index in [-0.39, 0.29) is 10.3 Å². The summed E-state index contributed by atoms with van der Waals surface area (Å²) in [4.78, 5) is 0. The van der Waals surface area contributed by atoms with Crippen molar-refractivity contribution in [3.8, 4) is 0 Å². The maximum Gasteiger partial charge on any atom is 0.749 e. The minimum atomic E-state index is -2.13. The van der Waals surface area contributed by atoms with Gasteiger partial charge in [0.15, 0.2) is 5.76 Å². The molecule has 0 aromatic rings. The normalized spacial score (nSPS) is 10.7. The zero-order valence-corrected chi connectivity index (χ0v) is 8.54. The van der Waals surface area contributed by atoms with E-state index >= 15 is 0 Å². The molecule has 0 radical (unpaired) electrons. The summed E-state index contributed by atoms with van der Waals surface area (Å²) in [5, 5.41) is 0. The van der Waals surface area contributed by atoms with Gasteiger partial charge in [-0.3, -0.25) is 0 Å². The van der Waals surface area contributed by atoms with Crippen molar-refractivity contribution in [3.05, 3.63) is 10.3 Å². The molecule has 0 aliphatic rings. The highest BCUT2D eigenvalue weighted by atomic mass is 35.5. The van der Waals surface area contributed by atoms with Gasteiger partial charge in [-0.2, -0.15) is 0 Å². The van der Waals surface area contributed by atoms with Crippen LogP contribution in [0.4, 0.5) is 0 Å². The van der Waals surface area contributed by atoms with Crippen LogP contribution in [0.2, 0.25) is 0 Å². The molecule has 1 atom stereocenters. The topological polar surface area (TPSA) is 35.5 Å². The lowest BCUT2D eigenvalue weighted by Crippen LogP contribution is -1.83. The van der Waals surface area contributed by atoms with Crippen LogP contribution in [-0.4, -0.2) is 6.61 Å². The molecule has 6 heteroatoms. The van der Waals surface area contributed by atoms with Crippen LogP contribution in [0, 0.1) is 0 Å². The summed E-state index contributed by atoms with van der Waals surface area (Å²) in [5.74, 6) is 0.197. The Morgan fingerprint density at radius 2 is 2.09 bits per heavy atom. The molecule has 3 nitrogen and oxygen atoms in total. The largest absolute Gasteiger partial charge is 0.749 e. The fraction of sp³-hybridized carbons (Fsp3) is 0.600. The molecule has 1 unspecified atom stereocenters. The fourth-order valence-corrected chi connectivity index (χ4v) is 1.04. The summed E-state index contributed by atoms with van der Waals surface area (Å²) in [6, 6.07) is 0. The van der Waals surface area contributed by atoms with Crippen LogP contribution in [0.15, 0.2) is 10.3 Å². The maximum absolute atomic E-state index is 10.7. The predicted octanol–water partition coefficient (Wildman–Crippen LogP) is 3.36. The minimum Gasteiger partial charge on any atom is -0.232 e. The molecular formula is C5H8Cl2O3P+. The van der Waals surface area contributed by atoms with E-state index in [9.17, 15) is 4.57 Å². The lowest BCUT2D eigenvalue weighted by molar-refractivity contribution is 0.274. The first-order chi connectivity index (χ1) is 5.07. The Kier molecular flexibility index (Phi) is 5.88. The van der Waals surface area contributed by atoms with E-state index in [2.05, 4.69) is 9.05 Å². The molecule has 0 fully saturated rings. The second kappa shape index (κ2) is 5.78. The van der Waals surface area contributed by atoms with Crippen molar-refractivity contribution in [2.24, 2.45) is 0 Å². The van der Waals surface area contributed by atoms with Crippen molar-refractivity contribution in [2.45, 2.75) is 13.8 Å². The van der Waals surface area contributed by atoms with Crippen LogP contribution >= 0.6 is 31.5 Å². The van der Waals surface area contributed by atoms with Crippen LogP contribution in [0.3, 0.4) is 0 Å². The Morgan fingerprint density at radius 3 is 2.45 bits per heavy atom. The third kappa shape index (κ3) is 5.45. The molecule has 0 heterocycles. The van der Waals surface area contributed by atoms with Crippen LogP contribution in [0.1, 0.15) is 13.8 Å². The zero-order chi connectivity index (χ0) is 8.85. The van der Waals surface area contributed by atoms with Gasteiger partial charge >= 0.3 is 8.25 Å². The molecule has 0 aliphatic heterocycles. The van der Waals surface area contributed by atoms with Gasteiger partial charge in [-0.15, -0.1) is 4.52 Å². The van der Waals surface area contributed by atoms with E-state index < -0.39 is 8.25 Å². The highest BCUT2D eigenvalue weighted by Crippen LogP contribution is 2.30. The summed E-state index contributed by atoms with van der Waals surface area (Å²) in [7, 11) is -2.13. The Morgan fingerprint density at radius 1 is 1.55 bits per heavy atom. The third-order valence-corrected chi connectivity index (χ3v) is 2.14. The molecule has 0 N–H and O–H groups in total. The van der Waals surface area contributed by atoms with Gasteiger partial charge < -0.3 is 0 Å². The highest BCUT2D eigenvalue weighted by molar-refractivity contribution is 7.33. The maximum atomic E-state index is 10.7. The van der Waals surface area contributed by atoms with Gasteiger partial charge in [0, 0.05) is 11.5 Å². The smallest absolute Gasteiger partial charge is 0.232 e. The first-order valence-corrected chi connectivity index (χ1v) is 4.73. The first kappa shape index (κ1) is 11.2. The molecule has 0 aliphatic carbocycles. The van der Waals surface area contributed by atoms with Crippen molar-refractivity contribution in [3.63, 3.8) is 0 Å². The van der Waals surface area contributed by atoms with Gasteiger partial charge in [0.1, 0.15) is 11.1 Å². The number of halogens is 2. The molecule has 64 valence electrons. The quantitative estimate of drug-likeness (QED) is 0.536. The molecular weight excluding hydrogens is 210 g/mol. The molecule has 0 amide bonds. The van der Waals surface area contributed by atoms with Gasteiger partial charge in [-0.1, -0.05) is 23.2 Å². The summed E-state index contributed by atoms with van der Waals surface area (Å²) in [6.45, 7) is 3.53. The number of allylic oxidation sites excluding steroid dienone is 1. The summed E-state index contributed by atoms with van der Waals surface area (Å²) in [6.07, 6.45) is 0. The standard InChI is InChI=1S/C5H8Cl2O3P/c1-3-9-11(8)10-4(2)5(6)7/h3H2,1-2H3/q+1. The van der Waals surface area contributed by atoms with Crippen LogP contribution in [-0.2, 0) is 13.6 Å². The molecule has 0 saturated heterocycles. The Hall–Kier alpha value is 0.180. The van der Waals surface area contributed by atoms with Crippen molar-refractivity contribution < 1.29 is 13.6 Å². The molecule has 0 saturated carbocycles. The Labute approximate surface area is 76.2 Å². The van der Waals surface area contributed by atoms with Gasteiger partial charge in [0.25, 0.3) is 0 Å². The van der Waals surface area contributed by atoms with E-state index in [1.807, 2.05) is 0 Å². The first-order valence-electron chi connectivity index (χ1n) is 2.88. The van der Waals surface area contributed by atoms with E-state index in [4.69, 9.17) is 23.2 Å². The van der Waals surface area contributed by atoms with Crippen LogP contribution in [0.5, 0.6) is 0 Å². The highest BCUT2D eigenvalue weighted by Gasteiger charge is 2.21. The monoisotopic (exact) mass is 217 g/mol. The van der Waals surface area contributed by atoms with Crippen LogP contribution in [0.25, 0.3) is 0 Å². The van der Waals surface area contributed by atoms with Crippen molar-refractivity contribution in [1.29, 1.82) is 0 Å². The summed E-state index contributed by atoms with van der Waals surface area (Å²) in [5.41, 5.74) is 0. The Balaban J connectivity index is 3.86. The summed E-state index contributed by atoms with van der Waals surface area (Å²) >= 11 is 10.6. The molecule has 0 aromatic carbocycles. The van der Waals surface area contributed by atoms with Crippen molar-refractivity contribution in [2.75, 3.05) is 6.61 Å². The van der Waals surface area contributed by atoms with Crippen molar-refractivity contribution >= 4 is 31.5 Å². The second-order valence-electron chi connectivity index (χ2n) is 1.55. The second-order valence-corrected chi connectivity index (χ2v) is 3.39. The molecule has 0 spiro atoms. The van der Waals surface area contributed by atoms with E-state index in [0.717, 1.165) is 0 Å². The number of hydrogen-bond acceptors (Lipinski definition) is 3. The molecule has 0 aromatic heterocycles. The zero-order valence-electron chi connectivity index (χ0n) is 6.13. The summed E-state index contributed by atoms with van der Waals surface area (Å²) < 4.78 is 19.9. The number of hydrogen-bond donors (Lipinski definition) is 0. The average molecular weight is 218 g/mol. The van der Waals surface area contributed by atoms with E-state index in [1.54, 1.807) is 6.92 Å². The van der Waals surface area contributed by atoms with Gasteiger partial charge in [0.2, 0.25) is 0 Å². The van der Waals surface area contributed by atoms with Crippen LogP contribution < -0.4 is 0 Å². The molecule has 0 rings (SSSR count). The Bertz CT molecular complexity index is 177. The fourth-order valence-electron chi connectivity index (χ4n) is 0.278. The van der Waals surface area contributed by atoms with Gasteiger partial charge in [0.05, 0.1) is 0 Å². The SMILES string of the molecule is CCO[P+](=O)OC(C)=C(Cl)Cl.